The SMILES string of the molecule is COCCN(CCO)CC(CBr)C(C)(C)C. The third kappa shape index (κ3) is 6.84. The van der Waals surface area contributed by atoms with Crippen LogP contribution in [-0.2, 0) is 4.74 Å². The average molecular weight is 296 g/mol. The number of ether oxygens (including phenoxy) is 1. The summed E-state index contributed by atoms with van der Waals surface area (Å²) in [4.78, 5) is 2.26. The monoisotopic (exact) mass is 295 g/mol. The molecule has 0 heterocycles. The van der Waals surface area contributed by atoms with Crippen LogP contribution in [-0.4, -0.2) is 55.3 Å². The van der Waals surface area contributed by atoms with E-state index in [-0.39, 0.29) is 12.0 Å². The molecule has 16 heavy (non-hydrogen) atoms. The smallest absolute Gasteiger partial charge is 0.0589 e. The second-order valence-corrected chi connectivity index (χ2v) is 5.88. The van der Waals surface area contributed by atoms with Gasteiger partial charge in [0.05, 0.1) is 13.2 Å². The molecule has 0 saturated heterocycles. The van der Waals surface area contributed by atoms with E-state index in [1.165, 1.54) is 0 Å². The molecule has 98 valence electrons. The van der Waals surface area contributed by atoms with Gasteiger partial charge < -0.3 is 9.84 Å². The molecule has 0 rings (SSSR count). The van der Waals surface area contributed by atoms with Gasteiger partial charge in [-0.25, -0.2) is 0 Å². The largest absolute Gasteiger partial charge is 0.395 e. The van der Waals surface area contributed by atoms with E-state index >= 15 is 0 Å². The summed E-state index contributed by atoms with van der Waals surface area (Å²) in [6, 6.07) is 0. The van der Waals surface area contributed by atoms with Gasteiger partial charge in [0.2, 0.25) is 0 Å². The quantitative estimate of drug-likeness (QED) is 0.695. The number of hydrogen-bond acceptors (Lipinski definition) is 3. The Kier molecular flexibility index (Phi) is 8.64. The summed E-state index contributed by atoms with van der Waals surface area (Å²) in [6.45, 7) is 10.3. The van der Waals surface area contributed by atoms with Crippen molar-refractivity contribution in [3.05, 3.63) is 0 Å². The number of hydrogen-bond donors (Lipinski definition) is 1. The van der Waals surface area contributed by atoms with Crippen LogP contribution >= 0.6 is 15.9 Å². The van der Waals surface area contributed by atoms with Crippen molar-refractivity contribution < 1.29 is 9.84 Å². The number of halogens is 1. The van der Waals surface area contributed by atoms with Crippen LogP contribution in [0, 0.1) is 11.3 Å². The van der Waals surface area contributed by atoms with Crippen molar-refractivity contribution in [3.63, 3.8) is 0 Å². The van der Waals surface area contributed by atoms with Crippen LogP contribution in [0.1, 0.15) is 20.8 Å². The van der Waals surface area contributed by atoms with Gasteiger partial charge in [-0.1, -0.05) is 36.7 Å². The molecule has 0 aromatic carbocycles. The van der Waals surface area contributed by atoms with E-state index in [1.807, 2.05) is 0 Å². The lowest BCUT2D eigenvalue weighted by Gasteiger charge is -2.34. The maximum Gasteiger partial charge on any atom is 0.0589 e. The fourth-order valence-electron chi connectivity index (χ4n) is 1.52. The van der Waals surface area contributed by atoms with Crippen molar-refractivity contribution >= 4 is 15.9 Å². The second-order valence-electron chi connectivity index (χ2n) is 5.23. The minimum atomic E-state index is 0.211. The van der Waals surface area contributed by atoms with E-state index in [2.05, 4.69) is 41.6 Å². The molecule has 0 aliphatic rings. The lowest BCUT2D eigenvalue weighted by Crippen LogP contribution is -2.39. The van der Waals surface area contributed by atoms with E-state index in [1.54, 1.807) is 7.11 Å². The molecule has 3 nitrogen and oxygen atoms in total. The zero-order chi connectivity index (χ0) is 12.6. The Labute approximate surface area is 108 Å². The molecule has 0 bridgehead atoms. The molecule has 1 atom stereocenters. The van der Waals surface area contributed by atoms with Gasteiger partial charge in [-0.3, -0.25) is 4.90 Å². The van der Waals surface area contributed by atoms with Crippen LogP contribution in [0.4, 0.5) is 0 Å². The Bertz CT molecular complexity index is 171. The second kappa shape index (κ2) is 8.45. The topological polar surface area (TPSA) is 32.7 Å². The molecule has 0 amide bonds. The van der Waals surface area contributed by atoms with Crippen LogP contribution in [0.5, 0.6) is 0 Å². The van der Waals surface area contributed by atoms with Gasteiger partial charge in [0.1, 0.15) is 0 Å². The van der Waals surface area contributed by atoms with Crippen LogP contribution in [0.2, 0.25) is 0 Å². The summed E-state index contributed by atoms with van der Waals surface area (Å²) in [7, 11) is 1.71. The fraction of sp³-hybridized carbons (Fsp3) is 1.00. The summed E-state index contributed by atoms with van der Waals surface area (Å²) in [5.41, 5.74) is 0.282. The highest BCUT2D eigenvalue weighted by atomic mass is 79.9. The molecule has 0 radical (unpaired) electrons. The first-order valence-electron chi connectivity index (χ1n) is 5.83. The van der Waals surface area contributed by atoms with Gasteiger partial charge >= 0.3 is 0 Å². The molecular formula is C12H26BrNO2. The molecule has 1 N–H and O–H groups in total. The predicted molar refractivity (Wildman–Crippen MR) is 72.1 cm³/mol. The van der Waals surface area contributed by atoms with E-state index in [4.69, 9.17) is 9.84 Å². The Morgan fingerprint density at radius 3 is 2.31 bits per heavy atom. The zero-order valence-electron chi connectivity index (χ0n) is 11.0. The van der Waals surface area contributed by atoms with Gasteiger partial charge in [-0.2, -0.15) is 0 Å². The summed E-state index contributed by atoms with van der Waals surface area (Å²) >= 11 is 3.58. The number of nitrogens with zero attached hydrogens (tertiary/aromatic N) is 1. The number of rotatable bonds is 8. The van der Waals surface area contributed by atoms with Crippen molar-refractivity contribution in [2.45, 2.75) is 20.8 Å². The first kappa shape index (κ1) is 16.4. The van der Waals surface area contributed by atoms with Crippen molar-refractivity contribution in [1.82, 2.24) is 4.90 Å². The van der Waals surface area contributed by atoms with Gasteiger partial charge in [0, 0.05) is 32.1 Å². The van der Waals surface area contributed by atoms with E-state index < -0.39 is 0 Å². The maximum absolute atomic E-state index is 9.03. The highest BCUT2D eigenvalue weighted by Gasteiger charge is 2.25. The Balaban J connectivity index is 4.22. The molecule has 0 aromatic rings. The molecule has 0 aliphatic heterocycles. The molecule has 0 saturated carbocycles. The highest BCUT2D eigenvalue weighted by Crippen LogP contribution is 2.28. The lowest BCUT2D eigenvalue weighted by molar-refractivity contribution is 0.101. The van der Waals surface area contributed by atoms with Crippen LogP contribution in [0.15, 0.2) is 0 Å². The van der Waals surface area contributed by atoms with Gasteiger partial charge in [-0.15, -0.1) is 0 Å². The molecule has 0 spiro atoms. The number of aliphatic hydroxyl groups excluding tert-OH is 1. The fourth-order valence-corrected chi connectivity index (χ4v) is 2.70. The maximum atomic E-state index is 9.03. The van der Waals surface area contributed by atoms with E-state index in [0.717, 1.165) is 31.6 Å². The minimum absolute atomic E-state index is 0.211. The first-order chi connectivity index (χ1) is 7.45. The summed E-state index contributed by atoms with van der Waals surface area (Å²) < 4.78 is 5.08. The standard InChI is InChI=1S/C12H26BrNO2/c1-12(2,3)11(9-13)10-14(5-7-15)6-8-16-4/h11,15H,5-10H2,1-4H3. The van der Waals surface area contributed by atoms with Gasteiger partial charge in [-0.05, 0) is 11.3 Å². The molecule has 0 aliphatic carbocycles. The highest BCUT2D eigenvalue weighted by molar-refractivity contribution is 9.09. The number of methoxy groups -OCH3 is 1. The lowest BCUT2D eigenvalue weighted by atomic mass is 9.82. The molecule has 4 heteroatoms. The summed E-state index contributed by atoms with van der Waals surface area (Å²) in [5.74, 6) is 0.580. The van der Waals surface area contributed by atoms with Crippen LogP contribution < -0.4 is 0 Å². The third-order valence-electron chi connectivity index (χ3n) is 2.92. The van der Waals surface area contributed by atoms with Crippen LogP contribution in [0.3, 0.4) is 0 Å². The zero-order valence-corrected chi connectivity index (χ0v) is 12.6. The Morgan fingerprint density at radius 1 is 1.31 bits per heavy atom. The Hall–Kier alpha value is 0.360. The predicted octanol–water partition coefficient (Wildman–Crippen LogP) is 1.98. The third-order valence-corrected chi connectivity index (χ3v) is 3.70. The van der Waals surface area contributed by atoms with E-state index in [9.17, 15) is 0 Å². The summed E-state index contributed by atoms with van der Waals surface area (Å²) in [5, 5.41) is 10.0. The molecule has 0 fully saturated rings. The Morgan fingerprint density at radius 2 is 1.94 bits per heavy atom. The van der Waals surface area contributed by atoms with Crippen molar-refractivity contribution in [1.29, 1.82) is 0 Å². The average Bonchev–Trinajstić information content (AvgIpc) is 2.20. The molecular weight excluding hydrogens is 270 g/mol. The number of alkyl halides is 1. The minimum Gasteiger partial charge on any atom is -0.395 e. The van der Waals surface area contributed by atoms with Gasteiger partial charge in [0.15, 0.2) is 0 Å². The molecule has 0 aromatic heterocycles. The first-order valence-corrected chi connectivity index (χ1v) is 6.96. The number of aliphatic hydroxyl groups is 1. The van der Waals surface area contributed by atoms with E-state index in [0.29, 0.717) is 5.92 Å². The normalized spacial score (nSPS) is 14.4. The van der Waals surface area contributed by atoms with Gasteiger partial charge in [0.25, 0.3) is 0 Å². The van der Waals surface area contributed by atoms with Crippen molar-refractivity contribution in [2.75, 3.05) is 45.3 Å². The summed E-state index contributed by atoms with van der Waals surface area (Å²) in [6.07, 6.45) is 0. The van der Waals surface area contributed by atoms with Crippen molar-refractivity contribution in [3.8, 4) is 0 Å². The van der Waals surface area contributed by atoms with Crippen molar-refractivity contribution in [2.24, 2.45) is 11.3 Å². The van der Waals surface area contributed by atoms with Crippen LogP contribution in [0.25, 0.3) is 0 Å². The molecule has 1 unspecified atom stereocenters.